The van der Waals surface area contributed by atoms with E-state index in [0.29, 0.717) is 29.3 Å². The topological polar surface area (TPSA) is 79.5 Å². The number of carbonyl (C=O) groups is 2. The second-order valence-electron chi connectivity index (χ2n) is 7.60. The van der Waals surface area contributed by atoms with Gasteiger partial charge in [0.25, 0.3) is 5.91 Å². The lowest BCUT2D eigenvalue weighted by molar-refractivity contribution is -0.114. The highest BCUT2D eigenvalue weighted by Crippen LogP contribution is 2.19. The first kappa shape index (κ1) is 22.6. The highest BCUT2D eigenvalue weighted by Gasteiger charge is 2.07. The van der Waals surface area contributed by atoms with Crippen LogP contribution in [0.3, 0.4) is 0 Å². The van der Waals surface area contributed by atoms with Gasteiger partial charge in [-0.3, -0.25) is 9.59 Å². The molecular weight excluding hydrogens is 426 g/mol. The fourth-order valence-electron chi connectivity index (χ4n) is 3.29. The molecule has 0 saturated carbocycles. The molecule has 0 radical (unpaired) electrons. The Morgan fingerprint density at radius 2 is 1.29 bits per heavy atom. The summed E-state index contributed by atoms with van der Waals surface area (Å²) in [5.74, 6) is 0.292. The first-order valence-corrected chi connectivity index (χ1v) is 10.9. The van der Waals surface area contributed by atoms with E-state index in [2.05, 4.69) is 16.0 Å². The monoisotopic (exact) mass is 451 g/mol. The van der Waals surface area contributed by atoms with E-state index in [4.69, 9.17) is 4.74 Å². The number of ether oxygens (including phenoxy) is 1. The predicted octanol–water partition coefficient (Wildman–Crippen LogP) is 5.57. The lowest BCUT2D eigenvalue weighted by atomic mass is 10.2. The molecule has 6 nitrogen and oxygen atoms in total. The van der Waals surface area contributed by atoms with Gasteiger partial charge in [-0.1, -0.05) is 60.7 Å². The Hall–Kier alpha value is -4.58. The number of hydrogen-bond acceptors (Lipinski definition) is 4. The number of hydrogen-bond donors (Lipinski definition) is 3. The Morgan fingerprint density at radius 3 is 2.06 bits per heavy atom. The van der Waals surface area contributed by atoms with Crippen molar-refractivity contribution in [2.24, 2.45) is 0 Å². The van der Waals surface area contributed by atoms with E-state index < -0.39 is 0 Å². The SMILES string of the molecule is O=C(CNc1cccc(NC(=O)c2ccccc2)c1)Nc1cccc(OCc2ccccc2)c1. The van der Waals surface area contributed by atoms with Gasteiger partial charge in [-0.2, -0.15) is 0 Å². The number of rotatable bonds is 9. The third-order valence-electron chi connectivity index (χ3n) is 4.98. The van der Waals surface area contributed by atoms with Crippen molar-refractivity contribution in [3.05, 3.63) is 120 Å². The minimum absolute atomic E-state index is 0.0746. The maximum absolute atomic E-state index is 12.4. The van der Waals surface area contributed by atoms with Crippen LogP contribution in [0.1, 0.15) is 15.9 Å². The quantitative estimate of drug-likeness (QED) is 0.311. The molecule has 0 aliphatic carbocycles. The van der Waals surface area contributed by atoms with E-state index in [1.54, 1.807) is 30.3 Å². The van der Waals surface area contributed by atoms with Gasteiger partial charge in [0, 0.05) is 28.7 Å². The number of nitrogens with one attached hydrogen (secondary N) is 3. The third kappa shape index (κ3) is 6.71. The molecular formula is C28H25N3O3. The predicted molar refractivity (Wildman–Crippen MR) is 135 cm³/mol. The van der Waals surface area contributed by atoms with Crippen molar-refractivity contribution in [1.82, 2.24) is 0 Å². The second-order valence-corrected chi connectivity index (χ2v) is 7.60. The average Bonchev–Trinajstić information content (AvgIpc) is 2.88. The molecule has 4 aromatic carbocycles. The normalized spacial score (nSPS) is 10.2. The molecule has 0 unspecified atom stereocenters. The molecule has 0 atom stereocenters. The van der Waals surface area contributed by atoms with E-state index in [1.807, 2.05) is 78.9 Å². The fraction of sp³-hybridized carbons (Fsp3) is 0.0714. The van der Waals surface area contributed by atoms with Crippen molar-refractivity contribution >= 4 is 28.9 Å². The van der Waals surface area contributed by atoms with Crippen LogP contribution >= 0.6 is 0 Å². The molecule has 0 aliphatic heterocycles. The summed E-state index contributed by atoms with van der Waals surface area (Å²) in [6, 6.07) is 33.4. The molecule has 6 heteroatoms. The van der Waals surface area contributed by atoms with Crippen LogP contribution in [0.25, 0.3) is 0 Å². The molecule has 0 spiro atoms. The summed E-state index contributed by atoms with van der Waals surface area (Å²) in [4.78, 5) is 24.8. The van der Waals surface area contributed by atoms with Gasteiger partial charge in [0.15, 0.2) is 0 Å². The van der Waals surface area contributed by atoms with Gasteiger partial charge in [-0.05, 0) is 48.0 Å². The lowest BCUT2D eigenvalue weighted by Crippen LogP contribution is -2.21. The number of amides is 2. The summed E-state index contributed by atoms with van der Waals surface area (Å²) in [6.07, 6.45) is 0. The van der Waals surface area contributed by atoms with Gasteiger partial charge in [0.05, 0.1) is 6.54 Å². The van der Waals surface area contributed by atoms with Gasteiger partial charge in [-0.15, -0.1) is 0 Å². The van der Waals surface area contributed by atoms with E-state index in [1.165, 1.54) is 0 Å². The molecule has 0 aromatic heterocycles. The maximum atomic E-state index is 12.4. The van der Waals surface area contributed by atoms with Crippen molar-refractivity contribution in [3.63, 3.8) is 0 Å². The second kappa shape index (κ2) is 11.3. The Balaban J connectivity index is 1.28. The molecule has 170 valence electrons. The van der Waals surface area contributed by atoms with Crippen LogP contribution in [0, 0.1) is 0 Å². The molecule has 0 fully saturated rings. The van der Waals surface area contributed by atoms with Crippen molar-refractivity contribution in [2.75, 3.05) is 22.5 Å². The molecule has 2 amide bonds. The van der Waals surface area contributed by atoms with E-state index >= 15 is 0 Å². The molecule has 0 bridgehead atoms. The van der Waals surface area contributed by atoms with Crippen molar-refractivity contribution in [1.29, 1.82) is 0 Å². The van der Waals surface area contributed by atoms with Crippen LogP contribution < -0.4 is 20.7 Å². The van der Waals surface area contributed by atoms with Crippen LogP contribution in [0.5, 0.6) is 5.75 Å². The zero-order chi connectivity index (χ0) is 23.6. The largest absolute Gasteiger partial charge is 0.489 e. The zero-order valence-corrected chi connectivity index (χ0v) is 18.5. The molecule has 4 aromatic rings. The Morgan fingerprint density at radius 1 is 0.647 bits per heavy atom. The standard InChI is InChI=1S/C28H25N3O3/c32-27(30-25-15-8-16-26(18-25)34-20-21-9-3-1-4-10-21)19-29-23-13-7-14-24(17-23)31-28(33)22-11-5-2-6-12-22/h1-18,29H,19-20H2,(H,30,32)(H,31,33). The third-order valence-corrected chi connectivity index (χ3v) is 4.98. The summed E-state index contributed by atoms with van der Waals surface area (Å²) < 4.78 is 5.82. The van der Waals surface area contributed by atoms with Crippen LogP contribution in [0.15, 0.2) is 109 Å². The summed E-state index contributed by atoms with van der Waals surface area (Å²) >= 11 is 0. The Kier molecular flexibility index (Phi) is 7.54. The molecule has 0 aliphatic rings. The van der Waals surface area contributed by atoms with Gasteiger partial charge < -0.3 is 20.7 Å². The van der Waals surface area contributed by atoms with E-state index in [-0.39, 0.29) is 18.4 Å². The first-order chi connectivity index (χ1) is 16.7. The number of anilines is 3. The number of benzene rings is 4. The molecule has 0 saturated heterocycles. The highest BCUT2D eigenvalue weighted by atomic mass is 16.5. The van der Waals surface area contributed by atoms with Crippen molar-refractivity contribution < 1.29 is 14.3 Å². The molecule has 34 heavy (non-hydrogen) atoms. The average molecular weight is 452 g/mol. The summed E-state index contributed by atoms with van der Waals surface area (Å²) in [7, 11) is 0. The summed E-state index contributed by atoms with van der Waals surface area (Å²) in [5.41, 5.74) is 3.67. The minimum Gasteiger partial charge on any atom is -0.489 e. The fourth-order valence-corrected chi connectivity index (χ4v) is 3.29. The van der Waals surface area contributed by atoms with Crippen molar-refractivity contribution in [3.8, 4) is 5.75 Å². The lowest BCUT2D eigenvalue weighted by Gasteiger charge is -2.11. The van der Waals surface area contributed by atoms with Crippen LogP contribution in [-0.4, -0.2) is 18.4 Å². The van der Waals surface area contributed by atoms with E-state index in [9.17, 15) is 9.59 Å². The van der Waals surface area contributed by atoms with E-state index in [0.717, 1.165) is 11.3 Å². The van der Waals surface area contributed by atoms with Gasteiger partial charge in [0.2, 0.25) is 5.91 Å². The highest BCUT2D eigenvalue weighted by molar-refractivity contribution is 6.04. The smallest absolute Gasteiger partial charge is 0.255 e. The van der Waals surface area contributed by atoms with Gasteiger partial charge in [-0.25, -0.2) is 0 Å². The number of carbonyl (C=O) groups excluding carboxylic acids is 2. The Bertz CT molecular complexity index is 1240. The minimum atomic E-state index is -0.195. The molecule has 4 rings (SSSR count). The molecule has 3 N–H and O–H groups in total. The first-order valence-electron chi connectivity index (χ1n) is 10.9. The van der Waals surface area contributed by atoms with Gasteiger partial charge >= 0.3 is 0 Å². The summed E-state index contributed by atoms with van der Waals surface area (Å²) in [5, 5.41) is 8.82. The van der Waals surface area contributed by atoms with Gasteiger partial charge in [0.1, 0.15) is 12.4 Å². The maximum Gasteiger partial charge on any atom is 0.255 e. The van der Waals surface area contributed by atoms with Crippen LogP contribution in [0.4, 0.5) is 17.1 Å². The van der Waals surface area contributed by atoms with Crippen LogP contribution in [-0.2, 0) is 11.4 Å². The summed E-state index contributed by atoms with van der Waals surface area (Å²) in [6.45, 7) is 0.530. The zero-order valence-electron chi connectivity index (χ0n) is 18.5. The van der Waals surface area contributed by atoms with Crippen molar-refractivity contribution in [2.45, 2.75) is 6.61 Å². The molecule has 0 heterocycles. The Labute approximate surface area is 198 Å². The van der Waals surface area contributed by atoms with Crippen LogP contribution in [0.2, 0.25) is 0 Å².